The Hall–Kier alpha value is -3.79. The third-order valence-electron chi connectivity index (χ3n) is 3.99. The number of ether oxygens (including phenoxy) is 1. The SMILES string of the molecule is N#Cc1ccc(OCC(=O)NNC(=O)CCc2c[nH]c3ccccc23)cc1. The monoisotopic (exact) mass is 362 g/mol. The van der Waals surface area contributed by atoms with Crippen LogP contribution in [0.4, 0.5) is 0 Å². The molecule has 27 heavy (non-hydrogen) atoms. The number of H-pyrrole nitrogens is 1. The molecule has 0 aliphatic rings. The second-order valence-corrected chi connectivity index (χ2v) is 5.88. The van der Waals surface area contributed by atoms with Gasteiger partial charge in [0.05, 0.1) is 11.6 Å². The van der Waals surface area contributed by atoms with Gasteiger partial charge in [-0.25, -0.2) is 0 Å². The molecule has 0 saturated heterocycles. The largest absolute Gasteiger partial charge is 0.484 e. The van der Waals surface area contributed by atoms with E-state index in [4.69, 9.17) is 10.00 Å². The highest BCUT2D eigenvalue weighted by molar-refractivity contribution is 5.85. The summed E-state index contributed by atoms with van der Waals surface area (Å²) in [5, 5.41) is 9.82. The molecule has 0 unspecified atom stereocenters. The van der Waals surface area contributed by atoms with E-state index < -0.39 is 5.91 Å². The van der Waals surface area contributed by atoms with E-state index in [9.17, 15) is 9.59 Å². The molecule has 0 aliphatic carbocycles. The molecule has 2 aromatic carbocycles. The molecule has 3 aromatic rings. The van der Waals surface area contributed by atoms with E-state index >= 15 is 0 Å². The van der Waals surface area contributed by atoms with E-state index in [1.807, 2.05) is 36.5 Å². The number of rotatable bonds is 6. The maximum Gasteiger partial charge on any atom is 0.276 e. The van der Waals surface area contributed by atoms with Gasteiger partial charge in [0, 0.05) is 23.5 Å². The molecule has 0 saturated carbocycles. The number of aromatic nitrogens is 1. The van der Waals surface area contributed by atoms with Crippen LogP contribution in [0.2, 0.25) is 0 Å². The maximum absolute atomic E-state index is 11.9. The lowest BCUT2D eigenvalue weighted by Gasteiger charge is -2.08. The van der Waals surface area contributed by atoms with Gasteiger partial charge < -0.3 is 9.72 Å². The number of nitrogens with one attached hydrogen (secondary N) is 3. The van der Waals surface area contributed by atoms with Crippen molar-refractivity contribution in [2.45, 2.75) is 12.8 Å². The summed E-state index contributed by atoms with van der Waals surface area (Å²) in [6.07, 6.45) is 2.70. The highest BCUT2D eigenvalue weighted by atomic mass is 16.5. The summed E-state index contributed by atoms with van der Waals surface area (Å²) in [6.45, 7) is -0.241. The van der Waals surface area contributed by atoms with Crippen LogP contribution in [0.1, 0.15) is 17.5 Å². The molecule has 0 spiro atoms. The first-order chi connectivity index (χ1) is 13.2. The Labute approximate surface area is 155 Å². The Morgan fingerprint density at radius 1 is 1.04 bits per heavy atom. The number of hydrazine groups is 1. The Morgan fingerprint density at radius 2 is 1.78 bits per heavy atom. The van der Waals surface area contributed by atoms with Crippen LogP contribution in [0, 0.1) is 11.3 Å². The Balaban J connectivity index is 1.39. The van der Waals surface area contributed by atoms with Crippen molar-refractivity contribution >= 4 is 22.7 Å². The van der Waals surface area contributed by atoms with Crippen LogP contribution in [0.15, 0.2) is 54.7 Å². The number of carbonyl (C=O) groups is 2. The molecule has 7 heteroatoms. The summed E-state index contributed by atoms with van der Waals surface area (Å²) < 4.78 is 5.29. The summed E-state index contributed by atoms with van der Waals surface area (Å²) in [5.41, 5.74) is 7.28. The second-order valence-electron chi connectivity index (χ2n) is 5.88. The summed E-state index contributed by atoms with van der Waals surface area (Å²) in [4.78, 5) is 26.8. The summed E-state index contributed by atoms with van der Waals surface area (Å²) in [5.74, 6) is -0.290. The van der Waals surface area contributed by atoms with Crippen molar-refractivity contribution in [1.82, 2.24) is 15.8 Å². The van der Waals surface area contributed by atoms with Gasteiger partial charge in [-0.3, -0.25) is 20.4 Å². The fraction of sp³-hybridized carbons (Fsp3) is 0.150. The minimum absolute atomic E-state index is 0.241. The summed E-state index contributed by atoms with van der Waals surface area (Å²) in [6, 6.07) is 16.3. The third-order valence-corrected chi connectivity index (χ3v) is 3.99. The molecule has 136 valence electrons. The number of aromatic amines is 1. The lowest BCUT2D eigenvalue weighted by molar-refractivity contribution is -0.130. The van der Waals surface area contributed by atoms with Crippen molar-refractivity contribution in [3.63, 3.8) is 0 Å². The molecule has 1 aromatic heterocycles. The molecule has 3 N–H and O–H groups in total. The van der Waals surface area contributed by atoms with Gasteiger partial charge >= 0.3 is 0 Å². The average molecular weight is 362 g/mol. The number of nitrogens with zero attached hydrogens (tertiary/aromatic N) is 1. The normalized spacial score (nSPS) is 10.2. The number of carbonyl (C=O) groups excluding carboxylic acids is 2. The molecule has 0 fully saturated rings. The van der Waals surface area contributed by atoms with Gasteiger partial charge in [0.25, 0.3) is 5.91 Å². The number of fused-ring (bicyclic) bond motifs is 1. The zero-order valence-electron chi connectivity index (χ0n) is 14.5. The maximum atomic E-state index is 11.9. The number of aryl methyl sites for hydroxylation is 1. The van der Waals surface area contributed by atoms with Crippen LogP contribution >= 0.6 is 0 Å². The quantitative estimate of drug-likeness (QED) is 0.584. The van der Waals surface area contributed by atoms with E-state index in [1.165, 1.54) is 0 Å². The molecular weight excluding hydrogens is 344 g/mol. The molecular formula is C20H18N4O3. The van der Waals surface area contributed by atoms with Crippen LogP contribution in [0.3, 0.4) is 0 Å². The first kappa shape index (κ1) is 18.0. The van der Waals surface area contributed by atoms with Gasteiger partial charge in [-0.1, -0.05) is 18.2 Å². The van der Waals surface area contributed by atoms with Crippen molar-refractivity contribution in [2.75, 3.05) is 6.61 Å². The number of hydrogen-bond acceptors (Lipinski definition) is 4. The fourth-order valence-electron chi connectivity index (χ4n) is 2.60. The van der Waals surface area contributed by atoms with Gasteiger partial charge in [-0.15, -0.1) is 0 Å². The summed E-state index contributed by atoms with van der Waals surface area (Å²) >= 11 is 0. The summed E-state index contributed by atoms with van der Waals surface area (Å²) in [7, 11) is 0. The third kappa shape index (κ3) is 4.86. The highest BCUT2D eigenvalue weighted by Crippen LogP contribution is 2.18. The van der Waals surface area contributed by atoms with Gasteiger partial charge in [0.15, 0.2) is 6.61 Å². The standard InChI is InChI=1S/C20H18N4O3/c21-11-14-5-8-16(9-6-14)27-13-20(26)24-23-19(25)10-7-15-12-22-18-4-2-1-3-17(15)18/h1-6,8-9,12,22H,7,10,13H2,(H,23,25)(H,24,26). The predicted molar refractivity (Wildman–Crippen MR) is 99.6 cm³/mol. The molecule has 0 radical (unpaired) electrons. The van der Waals surface area contributed by atoms with Crippen molar-refractivity contribution in [3.8, 4) is 11.8 Å². The second kappa shape index (κ2) is 8.54. The molecule has 1 heterocycles. The van der Waals surface area contributed by atoms with E-state index in [1.54, 1.807) is 24.3 Å². The Morgan fingerprint density at radius 3 is 2.56 bits per heavy atom. The molecule has 7 nitrogen and oxygen atoms in total. The first-order valence-corrected chi connectivity index (χ1v) is 8.41. The molecule has 0 atom stereocenters. The van der Waals surface area contributed by atoms with E-state index in [2.05, 4.69) is 15.8 Å². The average Bonchev–Trinajstić information content (AvgIpc) is 3.12. The fourth-order valence-corrected chi connectivity index (χ4v) is 2.60. The molecule has 0 aliphatic heterocycles. The number of nitriles is 1. The zero-order valence-corrected chi connectivity index (χ0v) is 14.5. The zero-order chi connectivity index (χ0) is 19.1. The van der Waals surface area contributed by atoms with Crippen molar-refractivity contribution in [3.05, 3.63) is 65.9 Å². The minimum Gasteiger partial charge on any atom is -0.484 e. The van der Waals surface area contributed by atoms with E-state index in [0.29, 0.717) is 17.7 Å². The molecule has 2 amide bonds. The van der Waals surface area contributed by atoms with Crippen LogP contribution in [0.5, 0.6) is 5.75 Å². The first-order valence-electron chi connectivity index (χ1n) is 8.41. The van der Waals surface area contributed by atoms with Gasteiger partial charge in [0.1, 0.15) is 5.75 Å². The van der Waals surface area contributed by atoms with Gasteiger partial charge in [-0.2, -0.15) is 5.26 Å². The highest BCUT2D eigenvalue weighted by Gasteiger charge is 2.08. The number of benzene rings is 2. The smallest absolute Gasteiger partial charge is 0.276 e. The number of amides is 2. The lowest BCUT2D eigenvalue weighted by atomic mass is 10.1. The van der Waals surface area contributed by atoms with Crippen LogP contribution in [-0.4, -0.2) is 23.4 Å². The molecule has 0 bridgehead atoms. The van der Waals surface area contributed by atoms with Gasteiger partial charge in [-0.05, 0) is 42.3 Å². The minimum atomic E-state index is -0.472. The van der Waals surface area contributed by atoms with Crippen molar-refractivity contribution in [1.29, 1.82) is 5.26 Å². The van der Waals surface area contributed by atoms with Crippen LogP contribution in [-0.2, 0) is 16.0 Å². The van der Waals surface area contributed by atoms with Crippen LogP contribution < -0.4 is 15.6 Å². The van der Waals surface area contributed by atoms with Crippen LogP contribution in [0.25, 0.3) is 10.9 Å². The number of para-hydroxylation sites is 1. The van der Waals surface area contributed by atoms with Crippen molar-refractivity contribution < 1.29 is 14.3 Å². The predicted octanol–water partition coefficient (Wildman–Crippen LogP) is 2.20. The van der Waals surface area contributed by atoms with Crippen molar-refractivity contribution in [2.24, 2.45) is 0 Å². The number of hydrogen-bond donors (Lipinski definition) is 3. The lowest BCUT2D eigenvalue weighted by Crippen LogP contribution is -2.43. The van der Waals surface area contributed by atoms with Gasteiger partial charge in [0.2, 0.25) is 5.91 Å². The van der Waals surface area contributed by atoms with E-state index in [-0.39, 0.29) is 18.9 Å². The topological polar surface area (TPSA) is 107 Å². The molecule has 3 rings (SSSR count). The van der Waals surface area contributed by atoms with E-state index in [0.717, 1.165) is 16.5 Å². The Kier molecular flexibility index (Phi) is 5.70. The Bertz CT molecular complexity index is 986.